The first kappa shape index (κ1) is 24.4. The minimum atomic E-state index is 0.589. The van der Waals surface area contributed by atoms with Crippen LogP contribution in [0.1, 0.15) is 5.56 Å². The number of nitriles is 1. The Hall–Kier alpha value is -4.99. The van der Waals surface area contributed by atoms with Crippen molar-refractivity contribution in [3.05, 3.63) is 132 Å². The average molecular weight is 566 g/mol. The summed E-state index contributed by atoms with van der Waals surface area (Å²) in [7, 11) is 0. The quantitative estimate of drug-likeness (QED) is 0.210. The third-order valence-corrected chi connectivity index (χ3v) is 6.82. The van der Waals surface area contributed by atoms with Crippen molar-refractivity contribution >= 4 is 15.9 Å². The molecule has 0 atom stereocenters. The van der Waals surface area contributed by atoms with Gasteiger partial charge in [0.2, 0.25) is 0 Å². The zero-order valence-corrected chi connectivity index (χ0v) is 22.2. The second-order valence-electron chi connectivity index (χ2n) is 8.94. The monoisotopic (exact) mass is 565 g/mol. The van der Waals surface area contributed by atoms with E-state index in [1.807, 2.05) is 54.9 Å². The third kappa shape index (κ3) is 5.35. The zero-order valence-electron chi connectivity index (χ0n) is 20.7. The first-order valence-electron chi connectivity index (χ1n) is 12.3. The molecule has 0 aliphatic carbocycles. The molecule has 0 spiro atoms. The minimum absolute atomic E-state index is 0.589. The van der Waals surface area contributed by atoms with Crippen molar-refractivity contribution in [2.75, 3.05) is 0 Å². The van der Waals surface area contributed by atoms with Crippen LogP contribution >= 0.6 is 15.9 Å². The molecule has 3 heterocycles. The molecule has 0 saturated carbocycles. The van der Waals surface area contributed by atoms with Crippen LogP contribution in [0.4, 0.5) is 0 Å². The van der Waals surface area contributed by atoms with Crippen molar-refractivity contribution in [1.29, 1.82) is 5.26 Å². The maximum absolute atomic E-state index is 9.24. The summed E-state index contributed by atoms with van der Waals surface area (Å²) in [6.07, 6.45) is 7.24. The fourth-order valence-corrected chi connectivity index (χ4v) is 4.86. The van der Waals surface area contributed by atoms with Gasteiger partial charge in [0.25, 0.3) is 0 Å². The lowest BCUT2D eigenvalue weighted by Crippen LogP contribution is -1.96. The van der Waals surface area contributed by atoms with Crippen LogP contribution in [0.5, 0.6) is 0 Å². The van der Waals surface area contributed by atoms with Crippen LogP contribution in [-0.2, 0) is 0 Å². The van der Waals surface area contributed by atoms with Crippen LogP contribution in [-0.4, -0.2) is 19.9 Å². The van der Waals surface area contributed by atoms with Gasteiger partial charge in [-0.2, -0.15) is 5.26 Å². The standard InChI is InChI=1S/C33H20BrN5/c34-30-16-28(27-4-2-14-37-21-27)15-29(17-30)32-18-31(38-33(39-32)25-7-5-22(19-35)6-8-25)24-11-9-23(10-12-24)26-3-1-13-36-20-26/h1-18,20-21H. The topological polar surface area (TPSA) is 75.3 Å². The van der Waals surface area contributed by atoms with Gasteiger partial charge >= 0.3 is 0 Å². The van der Waals surface area contributed by atoms with Gasteiger partial charge in [-0.15, -0.1) is 0 Å². The van der Waals surface area contributed by atoms with Crippen molar-refractivity contribution in [3.8, 4) is 62.2 Å². The summed E-state index contributed by atoms with van der Waals surface area (Å²) in [5.41, 5.74) is 9.16. The Kier molecular flexibility index (Phi) is 6.73. The number of benzene rings is 3. The molecule has 3 aromatic carbocycles. The van der Waals surface area contributed by atoms with Crippen LogP contribution in [0.2, 0.25) is 0 Å². The number of hydrogen-bond donors (Lipinski definition) is 0. The van der Waals surface area contributed by atoms with E-state index in [9.17, 15) is 5.26 Å². The molecule has 0 aliphatic rings. The molecular formula is C33H20BrN5. The number of hydrogen-bond acceptors (Lipinski definition) is 5. The molecular weight excluding hydrogens is 546 g/mol. The Balaban J connectivity index is 1.48. The van der Waals surface area contributed by atoms with Gasteiger partial charge in [-0.25, -0.2) is 9.97 Å². The number of halogens is 1. The summed E-state index contributed by atoms with van der Waals surface area (Å²) < 4.78 is 0.944. The molecule has 0 unspecified atom stereocenters. The van der Waals surface area contributed by atoms with Crippen LogP contribution in [0, 0.1) is 11.3 Å². The van der Waals surface area contributed by atoms with Crippen LogP contribution in [0.15, 0.2) is 126 Å². The molecule has 0 saturated heterocycles. The van der Waals surface area contributed by atoms with E-state index in [1.54, 1.807) is 24.5 Å². The van der Waals surface area contributed by atoms with E-state index < -0.39 is 0 Å². The Morgan fingerprint density at radius 3 is 1.72 bits per heavy atom. The first-order chi connectivity index (χ1) is 19.2. The molecule has 0 radical (unpaired) electrons. The van der Waals surface area contributed by atoms with Gasteiger partial charge in [-0.1, -0.05) is 52.3 Å². The van der Waals surface area contributed by atoms with Gasteiger partial charge in [0.15, 0.2) is 5.82 Å². The summed E-state index contributed by atoms with van der Waals surface area (Å²) in [6, 6.07) is 34.0. The van der Waals surface area contributed by atoms with Gasteiger partial charge in [0.1, 0.15) is 0 Å². The summed E-state index contributed by atoms with van der Waals surface area (Å²) in [6.45, 7) is 0. The van der Waals surface area contributed by atoms with E-state index in [-0.39, 0.29) is 0 Å². The van der Waals surface area contributed by atoms with Gasteiger partial charge in [-0.05, 0) is 77.4 Å². The van der Waals surface area contributed by atoms with E-state index in [2.05, 4.69) is 74.4 Å². The predicted molar refractivity (Wildman–Crippen MR) is 157 cm³/mol. The Bertz CT molecular complexity index is 1800. The highest BCUT2D eigenvalue weighted by Crippen LogP contribution is 2.33. The largest absolute Gasteiger partial charge is 0.264 e. The highest BCUT2D eigenvalue weighted by molar-refractivity contribution is 9.10. The van der Waals surface area contributed by atoms with Crippen LogP contribution < -0.4 is 0 Å². The lowest BCUT2D eigenvalue weighted by Gasteiger charge is -2.12. The van der Waals surface area contributed by atoms with E-state index in [1.165, 1.54) is 0 Å². The van der Waals surface area contributed by atoms with Crippen LogP contribution in [0.3, 0.4) is 0 Å². The molecule has 6 heteroatoms. The maximum Gasteiger partial charge on any atom is 0.160 e. The molecule has 0 aliphatic heterocycles. The summed E-state index contributed by atoms with van der Waals surface area (Å²) in [5.74, 6) is 0.589. The molecule has 5 nitrogen and oxygen atoms in total. The van der Waals surface area contributed by atoms with Gasteiger partial charge < -0.3 is 0 Å². The van der Waals surface area contributed by atoms with E-state index >= 15 is 0 Å². The third-order valence-electron chi connectivity index (χ3n) is 6.36. The van der Waals surface area contributed by atoms with Gasteiger partial charge in [0, 0.05) is 51.5 Å². The van der Waals surface area contributed by atoms with E-state index in [0.717, 1.165) is 54.8 Å². The van der Waals surface area contributed by atoms with E-state index in [0.29, 0.717) is 11.4 Å². The summed E-state index contributed by atoms with van der Waals surface area (Å²) >= 11 is 3.68. The molecule has 0 N–H and O–H groups in total. The van der Waals surface area contributed by atoms with Gasteiger partial charge in [0.05, 0.1) is 23.0 Å². The number of rotatable bonds is 5. The second kappa shape index (κ2) is 10.8. The maximum atomic E-state index is 9.24. The Morgan fingerprint density at radius 2 is 1.10 bits per heavy atom. The molecule has 6 rings (SSSR count). The fraction of sp³-hybridized carbons (Fsp3) is 0. The molecule has 184 valence electrons. The second-order valence-corrected chi connectivity index (χ2v) is 9.86. The SMILES string of the molecule is N#Cc1ccc(-c2nc(-c3ccc(-c4cccnc4)cc3)cc(-c3cc(Br)cc(-c4cccnc4)c3)n2)cc1. The molecule has 6 aromatic rings. The van der Waals surface area contributed by atoms with Crippen LogP contribution in [0.25, 0.3) is 56.2 Å². The summed E-state index contributed by atoms with van der Waals surface area (Å²) in [5, 5.41) is 9.24. The van der Waals surface area contributed by atoms with Crippen molar-refractivity contribution in [3.63, 3.8) is 0 Å². The molecule has 0 amide bonds. The number of pyridine rings is 2. The Morgan fingerprint density at radius 1 is 0.538 bits per heavy atom. The lowest BCUT2D eigenvalue weighted by atomic mass is 10.0. The highest BCUT2D eigenvalue weighted by Gasteiger charge is 2.13. The highest BCUT2D eigenvalue weighted by atomic mass is 79.9. The molecule has 0 fully saturated rings. The summed E-state index contributed by atoms with van der Waals surface area (Å²) in [4.78, 5) is 18.4. The average Bonchev–Trinajstić information content (AvgIpc) is 3.01. The van der Waals surface area contributed by atoms with E-state index in [4.69, 9.17) is 9.97 Å². The van der Waals surface area contributed by atoms with Gasteiger partial charge in [-0.3, -0.25) is 9.97 Å². The first-order valence-corrected chi connectivity index (χ1v) is 13.1. The van der Waals surface area contributed by atoms with Crippen molar-refractivity contribution < 1.29 is 0 Å². The van der Waals surface area contributed by atoms with Crippen molar-refractivity contribution in [2.45, 2.75) is 0 Å². The minimum Gasteiger partial charge on any atom is -0.264 e. The zero-order chi connectivity index (χ0) is 26.6. The van der Waals surface area contributed by atoms with Crippen molar-refractivity contribution in [2.24, 2.45) is 0 Å². The Labute approximate surface area is 234 Å². The molecule has 0 bridgehead atoms. The number of aromatic nitrogens is 4. The predicted octanol–water partition coefficient (Wildman–Crippen LogP) is 8.24. The smallest absolute Gasteiger partial charge is 0.160 e. The normalized spacial score (nSPS) is 10.7. The fourth-order valence-electron chi connectivity index (χ4n) is 4.37. The molecule has 39 heavy (non-hydrogen) atoms. The number of nitrogens with zero attached hydrogens (tertiary/aromatic N) is 5. The lowest BCUT2D eigenvalue weighted by molar-refractivity contribution is 1.18. The molecule has 3 aromatic heterocycles. The van der Waals surface area contributed by atoms with Crippen molar-refractivity contribution in [1.82, 2.24) is 19.9 Å².